The fourth-order valence-electron chi connectivity index (χ4n) is 3.33. The minimum absolute atomic E-state index is 0.0182. The molecule has 3 atom stereocenters. The van der Waals surface area contributed by atoms with Gasteiger partial charge in [-0.25, -0.2) is 8.78 Å². The minimum atomic E-state index is -3.29. The molecule has 0 saturated carbocycles. The number of benzene rings is 1. The van der Waals surface area contributed by atoms with Crippen molar-refractivity contribution in [3.8, 4) is 11.1 Å². The summed E-state index contributed by atoms with van der Waals surface area (Å²) in [5.41, 5.74) is 2.72. The van der Waals surface area contributed by atoms with Crippen LogP contribution in [0.5, 0.6) is 0 Å². The molecule has 0 spiro atoms. The van der Waals surface area contributed by atoms with E-state index in [2.05, 4.69) is 4.98 Å². The molecule has 2 heterocycles. The Hall–Kier alpha value is -2.52. The predicted molar refractivity (Wildman–Crippen MR) is 103 cm³/mol. The van der Waals surface area contributed by atoms with Gasteiger partial charge in [0.25, 0.3) is 5.91 Å². The maximum atomic E-state index is 13.1. The van der Waals surface area contributed by atoms with E-state index in [0.717, 1.165) is 16.8 Å². The van der Waals surface area contributed by atoms with Crippen molar-refractivity contribution in [2.75, 3.05) is 19.8 Å². The first kappa shape index (κ1) is 22.2. The van der Waals surface area contributed by atoms with Gasteiger partial charge >= 0.3 is 6.43 Å². The Kier molecular flexibility index (Phi) is 7.04. The molecule has 3 rings (SSSR count). The van der Waals surface area contributed by atoms with E-state index >= 15 is 0 Å². The van der Waals surface area contributed by atoms with Gasteiger partial charge in [0.05, 0.1) is 11.7 Å². The minimum Gasteiger partial charge on any atom is -0.386 e. The van der Waals surface area contributed by atoms with Crippen molar-refractivity contribution in [1.29, 1.82) is 0 Å². The summed E-state index contributed by atoms with van der Waals surface area (Å²) < 4.78 is 50.9. The second kappa shape index (κ2) is 9.53. The number of halogens is 4. The molecule has 2 aromatic rings. The number of nitrogens with one attached hydrogen (secondary N) is 1. The molecule has 0 radical (unpaired) electrons. The number of rotatable bonds is 8. The van der Waals surface area contributed by atoms with Crippen LogP contribution in [-0.2, 0) is 4.79 Å². The van der Waals surface area contributed by atoms with Crippen LogP contribution in [0.4, 0.5) is 17.6 Å². The lowest BCUT2D eigenvalue weighted by Crippen LogP contribution is -2.49. The zero-order valence-electron chi connectivity index (χ0n) is 16.3. The van der Waals surface area contributed by atoms with Gasteiger partial charge in [0.15, 0.2) is 0 Å². The highest BCUT2D eigenvalue weighted by molar-refractivity contribution is 5.79. The Labute approximate surface area is 171 Å². The highest BCUT2D eigenvalue weighted by atomic mass is 19.3. The van der Waals surface area contributed by atoms with Crippen LogP contribution in [0.3, 0.4) is 0 Å². The fourth-order valence-corrected chi connectivity index (χ4v) is 3.33. The van der Waals surface area contributed by atoms with Gasteiger partial charge in [-0.1, -0.05) is 30.3 Å². The standard InChI is InChI=1S/C21H23F4N3O2/c1-12(28-10-16(23)11-28)17-7-6-15(9-26-17)13-2-4-14(5-3-13)19(29)18(8-22)27-21(30)20(24)25/h2-7,9,12,16,18-20,29H,8,10-11H2,1H3,(H,27,30)/t12?,18-,19-/m1/s1. The smallest absolute Gasteiger partial charge is 0.315 e. The number of amides is 1. The van der Waals surface area contributed by atoms with E-state index in [4.69, 9.17) is 0 Å². The second-order valence-electron chi connectivity index (χ2n) is 7.34. The topological polar surface area (TPSA) is 65.5 Å². The normalized spacial score (nSPS) is 18.0. The van der Waals surface area contributed by atoms with Crippen LogP contribution in [-0.4, -0.2) is 59.3 Å². The summed E-state index contributed by atoms with van der Waals surface area (Å²) in [7, 11) is 0. The SMILES string of the molecule is CC(c1ccc(-c2ccc([C@@H](O)[C@@H](CF)NC(=O)C(F)F)cc2)cn1)N1CC(F)C1. The third-order valence-electron chi connectivity index (χ3n) is 5.29. The Balaban J connectivity index is 1.66. The van der Waals surface area contributed by atoms with Gasteiger partial charge in [-0.05, 0) is 24.1 Å². The summed E-state index contributed by atoms with van der Waals surface area (Å²) in [6, 6.07) is 8.75. The van der Waals surface area contributed by atoms with Gasteiger partial charge in [-0.15, -0.1) is 0 Å². The fraction of sp³-hybridized carbons (Fsp3) is 0.429. The molecular formula is C21H23F4N3O2. The number of nitrogens with zero attached hydrogens (tertiary/aromatic N) is 2. The first-order chi connectivity index (χ1) is 14.3. The second-order valence-corrected chi connectivity index (χ2v) is 7.34. The van der Waals surface area contributed by atoms with Crippen LogP contribution in [0.25, 0.3) is 11.1 Å². The van der Waals surface area contributed by atoms with E-state index in [-0.39, 0.29) is 11.6 Å². The average molecular weight is 425 g/mol. The molecule has 1 aliphatic heterocycles. The molecule has 1 saturated heterocycles. The summed E-state index contributed by atoms with van der Waals surface area (Å²) in [5.74, 6) is -1.63. The summed E-state index contributed by atoms with van der Waals surface area (Å²) in [4.78, 5) is 17.5. The molecule has 9 heteroatoms. The number of carbonyl (C=O) groups is 1. The Morgan fingerprint density at radius 3 is 2.33 bits per heavy atom. The van der Waals surface area contributed by atoms with Crippen molar-refractivity contribution in [3.63, 3.8) is 0 Å². The van der Waals surface area contributed by atoms with E-state index in [1.54, 1.807) is 23.6 Å². The van der Waals surface area contributed by atoms with Crippen molar-refractivity contribution in [3.05, 3.63) is 53.9 Å². The maximum Gasteiger partial charge on any atom is 0.315 e. The summed E-state index contributed by atoms with van der Waals surface area (Å²) >= 11 is 0. The molecule has 1 aromatic carbocycles. The van der Waals surface area contributed by atoms with Gasteiger partial charge in [0.1, 0.15) is 19.0 Å². The molecule has 162 valence electrons. The molecule has 5 nitrogen and oxygen atoms in total. The number of alkyl halides is 4. The van der Waals surface area contributed by atoms with Crippen LogP contribution < -0.4 is 5.32 Å². The summed E-state index contributed by atoms with van der Waals surface area (Å²) in [6.07, 6.45) is -3.84. The number of hydrogen-bond donors (Lipinski definition) is 2. The van der Waals surface area contributed by atoms with E-state index in [0.29, 0.717) is 13.1 Å². The van der Waals surface area contributed by atoms with E-state index in [9.17, 15) is 27.5 Å². The lowest BCUT2D eigenvalue weighted by Gasteiger charge is -2.38. The largest absolute Gasteiger partial charge is 0.386 e. The van der Waals surface area contributed by atoms with Crippen molar-refractivity contribution in [2.24, 2.45) is 0 Å². The molecule has 0 aliphatic carbocycles. The number of hydrogen-bond acceptors (Lipinski definition) is 4. The van der Waals surface area contributed by atoms with Gasteiger partial charge in [0, 0.05) is 30.9 Å². The monoisotopic (exact) mass is 425 g/mol. The van der Waals surface area contributed by atoms with Gasteiger partial charge in [-0.2, -0.15) is 8.78 Å². The van der Waals surface area contributed by atoms with Crippen LogP contribution in [0.15, 0.2) is 42.6 Å². The van der Waals surface area contributed by atoms with Gasteiger partial charge in [-0.3, -0.25) is 14.7 Å². The number of pyridine rings is 1. The molecule has 1 fully saturated rings. The molecule has 30 heavy (non-hydrogen) atoms. The van der Waals surface area contributed by atoms with Crippen molar-refractivity contribution < 1.29 is 27.5 Å². The average Bonchev–Trinajstić information content (AvgIpc) is 2.74. The zero-order chi connectivity index (χ0) is 21.8. The maximum absolute atomic E-state index is 13.1. The van der Waals surface area contributed by atoms with Gasteiger partial charge < -0.3 is 10.4 Å². The highest BCUT2D eigenvalue weighted by Gasteiger charge is 2.31. The predicted octanol–water partition coefficient (Wildman–Crippen LogP) is 3.22. The van der Waals surface area contributed by atoms with E-state index < -0.39 is 37.3 Å². The van der Waals surface area contributed by atoms with Crippen molar-refractivity contribution in [2.45, 2.75) is 37.7 Å². The number of aliphatic hydroxyl groups excluding tert-OH is 1. The quantitative estimate of drug-likeness (QED) is 0.638. The van der Waals surface area contributed by atoms with Crippen molar-refractivity contribution in [1.82, 2.24) is 15.2 Å². The molecule has 0 bridgehead atoms. The first-order valence-corrected chi connectivity index (χ1v) is 9.57. The Morgan fingerprint density at radius 2 is 1.83 bits per heavy atom. The lowest BCUT2D eigenvalue weighted by molar-refractivity contribution is -0.133. The third kappa shape index (κ3) is 4.96. The number of aliphatic hydroxyl groups is 1. The molecule has 1 aliphatic rings. The Morgan fingerprint density at radius 1 is 1.20 bits per heavy atom. The summed E-state index contributed by atoms with van der Waals surface area (Å²) in [6.45, 7) is 1.60. The number of likely N-dealkylation sites (tertiary alicyclic amines) is 1. The number of aromatic nitrogens is 1. The third-order valence-corrected chi connectivity index (χ3v) is 5.29. The first-order valence-electron chi connectivity index (χ1n) is 9.57. The van der Waals surface area contributed by atoms with Crippen LogP contribution in [0, 0.1) is 0 Å². The molecule has 1 unspecified atom stereocenters. The summed E-state index contributed by atoms with van der Waals surface area (Å²) in [5, 5.41) is 12.0. The molecule has 1 amide bonds. The number of carbonyl (C=O) groups excluding carboxylic acids is 1. The highest BCUT2D eigenvalue weighted by Crippen LogP contribution is 2.28. The lowest BCUT2D eigenvalue weighted by atomic mass is 9.99. The van der Waals surface area contributed by atoms with Gasteiger partial charge in [0.2, 0.25) is 0 Å². The van der Waals surface area contributed by atoms with Crippen LogP contribution in [0.1, 0.15) is 30.3 Å². The molecule has 2 N–H and O–H groups in total. The molecule has 1 aromatic heterocycles. The zero-order valence-corrected chi connectivity index (χ0v) is 16.3. The van der Waals surface area contributed by atoms with Crippen molar-refractivity contribution >= 4 is 5.91 Å². The van der Waals surface area contributed by atoms with E-state index in [1.807, 2.05) is 24.0 Å². The van der Waals surface area contributed by atoms with Crippen LogP contribution >= 0.6 is 0 Å². The van der Waals surface area contributed by atoms with E-state index in [1.165, 1.54) is 12.1 Å². The molecular weight excluding hydrogens is 402 g/mol. The van der Waals surface area contributed by atoms with Crippen LogP contribution in [0.2, 0.25) is 0 Å². The Bertz CT molecular complexity index is 842.